The average Bonchev–Trinajstić information content (AvgIpc) is 2.47. The predicted octanol–water partition coefficient (Wildman–Crippen LogP) is 1.91. The van der Waals surface area contributed by atoms with Gasteiger partial charge in [-0.05, 0) is 31.5 Å². The zero-order valence-electron chi connectivity index (χ0n) is 13.6. The first-order chi connectivity index (χ1) is 10.8. The number of anilines is 1. The summed E-state index contributed by atoms with van der Waals surface area (Å²) in [6, 6.07) is 3.91. The van der Waals surface area contributed by atoms with Crippen LogP contribution >= 0.6 is 0 Å². The number of benzene rings is 1. The molecular formula is C15H24N2O5S. The maximum absolute atomic E-state index is 12.2. The second-order valence-corrected chi connectivity index (χ2v) is 7.03. The summed E-state index contributed by atoms with van der Waals surface area (Å²) in [4.78, 5) is 11.4. The van der Waals surface area contributed by atoms with Gasteiger partial charge in [-0.15, -0.1) is 0 Å². The summed E-state index contributed by atoms with van der Waals surface area (Å²) < 4.78 is 31.8. The topological polar surface area (TPSA) is 105 Å². The Kier molecular flexibility index (Phi) is 7.47. The molecule has 23 heavy (non-hydrogen) atoms. The minimum atomic E-state index is -3.71. The van der Waals surface area contributed by atoms with E-state index in [-0.39, 0.29) is 16.5 Å². The molecule has 1 atom stereocenters. The summed E-state index contributed by atoms with van der Waals surface area (Å²) in [5.41, 5.74) is 0.265. The van der Waals surface area contributed by atoms with Crippen LogP contribution < -0.4 is 10.0 Å². The quantitative estimate of drug-likeness (QED) is 0.560. The molecule has 0 aliphatic carbocycles. The van der Waals surface area contributed by atoms with Gasteiger partial charge in [-0.25, -0.2) is 17.9 Å². The molecule has 0 aliphatic rings. The summed E-state index contributed by atoms with van der Waals surface area (Å²) in [7, 11) is -2.16. The number of hydrogen-bond acceptors (Lipinski definition) is 5. The Morgan fingerprint density at radius 3 is 2.65 bits per heavy atom. The molecule has 1 aromatic carbocycles. The van der Waals surface area contributed by atoms with Gasteiger partial charge in [-0.3, -0.25) is 0 Å². The number of unbranched alkanes of at least 4 members (excludes halogenated alkanes) is 1. The van der Waals surface area contributed by atoms with Crippen molar-refractivity contribution in [2.45, 2.75) is 37.6 Å². The molecule has 0 radical (unpaired) electrons. The third-order valence-corrected chi connectivity index (χ3v) is 4.63. The largest absolute Gasteiger partial charge is 0.478 e. The van der Waals surface area contributed by atoms with E-state index in [2.05, 4.69) is 10.0 Å². The summed E-state index contributed by atoms with van der Waals surface area (Å²) in [5.74, 6) is -1.19. The minimum absolute atomic E-state index is 0.0593. The van der Waals surface area contributed by atoms with Crippen molar-refractivity contribution in [3.05, 3.63) is 23.8 Å². The molecule has 3 N–H and O–H groups in total. The van der Waals surface area contributed by atoms with E-state index in [1.165, 1.54) is 18.2 Å². The first kappa shape index (κ1) is 19.4. The Bertz CT molecular complexity index is 631. The van der Waals surface area contributed by atoms with Crippen molar-refractivity contribution in [3.63, 3.8) is 0 Å². The highest BCUT2D eigenvalue weighted by atomic mass is 32.2. The van der Waals surface area contributed by atoms with Crippen molar-refractivity contribution in [1.29, 1.82) is 0 Å². The first-order valence-corrected chi connectivity index (χ1v) is 8.92. The van der Waals surface area contributed by atoms with Crippen LogP contribution in [0, 0.1) is 0 Å². The van der Waals surface area contributed by atoms with Crippen molar-refractivity contribution in [3.8, 4) is 0 Å². The minimum Gasteiger partial charge on any atom is -0.478 e. The molecule has 130 valence electrons. The van der Waals surface area contributed by atoms with Gasteiger partial charge in [0.25, 0.3) is 0 Å². The zero-order chi connectivity index (χ0) is 17.5. The zero-order valence-corrected chi connectivity index (χ0v) is 14.4. The van der Waals surface area contributed by atoms with Crippen LogP contribution in [0.25, 0.3) is 0 Å². The summed E-state index contributed by atoms with van der Waals surface area (Å²) >= 11 is 0. The molecule has 0 aromatic heterocycles. The first-order valence-electron chi connectivity index (χ1n) is 7.44. The van der Waals surface area contributed by atoms with Crippen molar-refractivity contribution in [2.24, 2.45) is 0 Å². The normalized spacial score (nSPS) is 12.8. The van der Waals surface area contributed by atoms with E-state index in [0.29, 0.717) is 18.8 Å². The van der Waals surface area contributed by atoms with Gasteiger partial charge in [0, 0.05) is 25.4 Å². The molecule has 7 nitrogen and oxygen atoms in total. The fraction of sp³-hybridized carbons (Fsp3) is 0.533. The van der Waals surface area contributed by atoms with Crippen LogP contribution in [0.1, 0.15) is 37.0 Å². The van der Waals surface area contributed by atoms with Gasteiger partial charge < -0.3 is 15.2 Å². The average molecular weight is 344 g/mol. The van der Waals surface area contributed by atoms with E-state index in [9.17, 15) is 18.3 Å². The van der Waals surface area contributed by atoms with Crippen molar-refractivity contribution < 1.29 is 23.1 Å². The molecule has 0 aliphatic heterocycles. The highest BCUT2D eigenvalue weighted by Crippen LogP contribution is 2.21. The Morgan fingerprint density at radius 1 is 1.39 bits per heavy atom. The van der Waals surface area contributed by atoms with Crippen LogP contribution in [0.15, 0.2) is 23.1 Å². The van der Waals surface area contributed by atoms with E-state index in [4.69, 9.17) is 4.74 Å². The molecule has 0 spiro atoms. The van der Waals surface area contributed by atoms with Gasteiger partial charge in [-0.2, -0.15) is 0 Å². The fourth-order valence-corrected chi connectivity index (χ4v) is 3.12. The molecule has 1 unspecified atom stereocenters. The second kappa shape index (κ2) is 8.85. The third-order valence-electron chi connectivity index (χ3n) is 3.17. The van der Waals surface area contributed by atoms with E-state index in [0.717, 1.165) is 12.8 Å². The number of carbonyl (C=O) groups is 1. The summed E-state index contributed by atoms with van der Waals surface area (Å²) in [6.07, 6.45) is 1.59. The number of nitrogens with one attached hydrogen (secondary N) is 2. The monoisotopic (exact) mass is 344 g/mol. The van der Waals surface area contributed by atoms with Crippen LogP contribution in [0.2, 0.25) is 0 Å². The lowest BCUT2D eigenvalue weighted by molar-refractivity contribution is 0.0697. The molecule has 1 aromatic rings. The lowest BCUT2D eigenvalue weighted by Gasteiger charge is -2.17. The number of carboxylic acids is 1. The van der Waals surface area contributed by atoms with Crippen molar-refractivity contribution in [1.82, 2.24) is 4.72 Å². The van der Waals surface area contributed by atoms with E-state index >= 15 is 0 Å². The van der Waals surface area contributed by atoms with Gasteiger partial charge in [-0.1, -0.05) is 13.3 Å². The van der Waals surface area contributed by atoms with Crippen molar-refractivity contribution >= 4 is 21.7 Å². The van der Waals surface area contributed by atoms with Crippen LogP contribution in [0.4, 0.5) is 5.69 Å². The van der Waals surface area contributed by atoms with Crippen LogP contribution in [0.5, 0.6) is 0 Å². The van der Waals surface area contributed by atoms with Gasteiger partial charge in [0.2, 0.25) is 10.0 Å². The third kappa shape index (κ3) is 5.81. The fourth-order valence-electron chi connectivity index (χ4n) is 2.02. The number of ether oxygens (including phenoxy) is 1. The molecule has 0 amide bonds. The molecule has 0 fully saturated rings. The van der Waals surface area contributed by atoms with E-state index in [1.54, 1.807) is 7.11 Å². The Labute approximate surface area is 137 Å². The van der Waals surface area contributed by atoms with Crippen LogP contribution in [0.3, 0.4) is 0 Å². The van der Waals surface area contributed by atoms with Crippen molar-refractivity contribution in [2.75, 3.05) is 25.6 Å². The Morgan fingerprint density at radius 2 is 2.09 bits per heavy atom. The number of rotatable bonds is 10. The highest BCUT2D eigenvalue weighted by Gasteiger charge is 2.19. The number of hydrogen-bond donors (Lipinski definition) is 3. The van der Waals surface area contributed by atoms with E-state index < -0.39 is 16.0 Å². The second-order valence-electron chi connectivity index (χ2n) is 5.26. The number of sulfonamides is 1. The maximum atomic E-state index is 12.2. The lowest BCUT2D eigenvalue weighted by atomic mass is 10.1. The van der Waals surface area contributed by atoms with Gasteiger partial charge in [0.05, 0.1) is 17.1 Å². The van der Waals surface area contributed by atoms with Crippen LogP contribution in [-0.4, -0.2) is 45.8 Å². The predicted molar refractivity (Wildman–Crippen MR) is 88.5 cm³/mol. The summed E-state index contributed by atoms with van der Waals surface area (Å²) in [6.45, 7) is 4.52. The molecular weight excluding hydrogens is 320 g/mol. The van der Waals surface area contributed by atoms with Gasteiger partial charge >= 0.3 is 5.97 Å². The molecule has 0 saturated carbocycles. The SMILES string of the molecule is CCCCNS(=O)(=O)c1ccc(NC(C)COC)c(C(=O)O)c1. The molecule has 0 heterocycles. The lowest BCUT2D eigenvalue weighted by Crippen LogP contribution is -2.26. The molecule has 1 rings (SSSR count). The number of carboxylic acid groups (broad SMARTS) is 1. The maximum Gasteiger partial charge on any atom is 0.337 e. The summed E-state index contributed by atoms with van der Waals surface area (Å²) in [5, 5.41) is 12.3. The smallest absolute Gasteiger partial charge is 0.337 e. The standard InChI is InChI=1S/C15H24N2O5S/c1-4-5-8-16-23(20,21)12-6-7-14(13(9-12)15(18)19)17-11(2)10-22-3/h6-7,9,11,16-17H,4-5,8,10H2,1-3H3,(H,18,19). The Balaban J connectivity index is 3.05. The van der Waals surface area contributed by atoms with Gasteiger partial charge in [0.15, 0.2) is 0 Å². The number of aromatic carboxylic acids is 1. The molecule has 0 saturated heterocycles. The molecule has 0 bridgehead atoms. The highest BCUT2D eigenvalue weighted by molar-refractivity contribution is 7.89. The number of methoxy groups -OCH3 is 1. The van der Waals surface area contributed by atoms with Gasteiger partial charge in [0.1, 0.15) is 0 Å². The van der Waals surface area contributed by atoms with Crippen LogP contribution in [-0.2, 0) is 14.8 Å². The van der Waals surface area contributed by atoms with E-state index in [1.807, 2.05) is 13.8 Å². The Hall–Kier alpha value is -1.64. The molecule has 8 heteroatoms.